The molecule has 0 aromatic heterocycles. The molecule has 1 atom stereocenters. The minimum Gasteiger partial charge on any atom is -0.445 e. The van der Waals surface area contributed by atoms with Gasteiger partial charge in [0.15, 0.2) is 5.78 Å². The average molecular weight is 255 g/mol. The van der Waals surface area contributed by atoms with Gasteiger partial charge in [-0.1, -0.05) is 54.2 Å². The van der Waals surface area contributed by atoms with Crippen molar-refractivity contribution < 1.29 is 14.3 Å². The van der Waals surface area contributed by atoms with Crippen molar-refractivity contribution in [1.29, 1.82) is 0 Å². The zero-order valence-electron chi connectivity index (χ0n) is 12.3. The summed E-state index contributed by atoms with van der Waals surface area (Å²) >= 11 is 0. The quantitative estimate of drug-likeness (QED) is 0.786. The second kappa shape index (κ2) is 6.03. The molecule has 0 saturated carbocycles. The zero-order valence-corrected chi connectivity index (χ0v) is 12.3. The molecule has 0 rings (SSSR count). The Labute approximate surface area is 110 Å². The number of amides is 1. The van der Waals surface area contributed by atoms with Gasteiger partial charge in [-0.15, -0.1) is 0 Å². The molecule has 0 aliphatic carbocycles. The van der Waals surface area contributed by atoms with Gasteiger partial charge in [-0.25, -0.2) is 4.79 Å². The van der Waals surface area contributed by atoms with Gasteiger partial charge >= 0.3 is 6.09 Å². The molecule has 104 valence electrons. The molecule has 4 heteroatoms. The fourth-order valence-electron chi connectivity index (χ4n) is 1.40. The van der Waals surface area contributed by atoms with Crippen molar-refractivity contribution in [3.8, 4) is 0 Å². The van der Waals surface area contributed by atoms with Crippen LogP contribution in [-0.2, 0) is 9.53 Å². The van der Waals surface area contributed by atoms with E-state index in [2.05, 4.69) is 11.9 Å². The topological polar surface area (TPSA) is 55.4 Å². The fourth-order valence-corrected chi connectivity index (χ4v) is 1.40. The summed E-state index contributed by atoms with van der Waals surface area (Å²) in [5.41, 5.74) is -0.874. The number of alkyl carbamates (subject to hydrolysis) is 1. The Hall–Kier alpha value is -1.32. The third-order valence-electron chi connectivity index (χ3n) is 2.46. The predicted molar refractivity (Wildman–Crippen MR) is 72.4 cm³/mol. The van der Waals surface area contributed by atoms with Gasteiger partial charge in [-0.2, -0.15) is 0 Å². The van der Waals surface area contributed by atoms with E-state index in [1.54, 1.807) is 0 Å². The van der Waals surface area contributed by atoms with Crippen LogP contribution in [0.1, 0.15) is 41.5 Å². The number of rotatable bonds is 4. The number of carbonyl (C=O) groups is 2. The van der Waals surface area contributed by atoms with E-state index in [4.69, 9.17) is 4.74 Å². The summed E-state index contributed by atoms with van der Waals surface area (Å²) in [7, 11) is 0. The van der Waals surface area contributed by atoms with Gasteiger partial charge in [0.2, 0.25) is 0 Å². The lowest BCUT2D eigenvalue weighted by Gasteiger charge is -2.34. The fraction of sp³-hybridized carbons (Fsp3) is 0.714. The Kier molecular flexibility index (Phi) is 5.58. The number of nitrogens with one attached hydrogen (secondary N) is 1. The summed E-state index contributed by atoms with van der Waals surface area (Å²) in [5, 5.41) is 2.64. The molecule has 1 unspecified atom stereocenters. The number of Topliss-reactive ketones (excluding diaryl/α,β-unsaturated/α-hetero) is 1. The molecule has 4 nitrogen and oxygen atoms in total. The molecular formula is C14H25NO3. The number of ketones is 1. The molecule has 0 fully saturated rings. The van der Waals surface area contributed by atoms with E-state index in [-0.39, 0.29) is 17.8 Å². The largest absolute Gasteiger partial charge is 0.445 e. The summed E-state index contributed by atoms with van der Waals surface area (Å²) in [6, 6.07) is -0.574. The molecule has 0 heterocycles. The number of hydrogen-bond donors (Lipinski definition) is 1. The van der Waals surface area contributed by atoms with Crippen LogP contribution in [0.2, 0.25) is 0 Å². The highest BCUT2D eigenvalue weighted by Gasteiger charge is 2.38. The molecule has 1 amide bonds. The van der Waals surface area contributed by atoms with Crippen molar-refractivity contribution in [2.45, 2.75) is 47.6 Å². The van der Waals surface area contributed by atoms with Crippen LogP contribution in [0, 0.1) is 10.8 Å². The van der Waals surface area contributed by atoms with Crippen LogP contribution in [0.25, 0.3) is 0 Å². The maximum absolute atomic E-state index is 12.3. The highest BCUT2D eigenvalue weighted by molar-refractivity contribution is 5.91. The molecule has 0 aliphatic heterocycles. The van der Waals surface area contributed by atoms with Crippen molar-refractivity contribution in [2.24, 2.45) is 10.8 Å². The van der Waals surface area contributed by atoms with Gasteiger partial charge < -0.3 is 10.1 Å². The Bertz CT molecular complexity index is 321. The number of ether oxygens (including phenoxy) is 1. The van der Waals surface area contributed by atoms with Gasteiger partial charge in [0, 0.05) is 5.41 Å². The highest BCUT2D eigenvalue weighted by atomic mass is 16.5. The first-order chi connectivity index (χ1) is 8.00. The molecule has 0 bridgehead atoms. The first kappa shape index (κ1) is 16.7. The van der Waals surface area contributed by atoms with Crippen LogP contribution in [0.5, 0.6) is 0 Å². The van der Waals surface area contributed by atoms with Crippen LogP contribution >= 0.6 is 0 Å². The summed E-state index contributed by atoms with van der Waals surface area (Å²) in [6.07, 6.45) is 0.893. The van der Waals surface area contributed by atoms with Gasteiger partial charge in [-0.3, -0.25) is 4.79 Å². The number of hydrogen-bond acceptors (Lipinski definition) is 3. The first-order valence-electron chi connectivity index (χ1n) is 6.08. The molecule has 0 saturated heterocycles. The van der Waals surface area contributed by atoms with E-state index in [0.717, 1.165) is 0 Å². The zero-order chi connectivity index (χ0) is 14.6. The van der Waals surface area contributed by atoms with E-state index in [1.807, 2.05) is 41.5 Å². The summed E-state index contributed by atoms with van der Waals surface area (Å²) in [6.45, 7) is 14.8. The molecular weight excluding hydrogens is 230 g/mol. The normalized spacial score (nSPS) is 13.7. The standard InChI is InChI=1S/C14H25NO3/c1-8-9-18-12(17)15-10(13(2,3)4)11(16)14(5,6)7/h8,10H,1,9H2,2-7H3,(H,15,17). The van der Waals surface area contributed by atoms with Crippen molar-refractivity contribution >= 4 is 11.9 Å². The van der Waals surface area contributed by atoms with E-state index in [1.165, 1.54) is 6.08 Å². The van der Waals surface area contributed by atoms with Crippen LogP contribution in [0.3, 0.4) is 0 Å². The Morgan fingerprint density at radius 2 is 1.72 bits per heavy atom. The molecule has 0 aromatic rings. The van der Waals surface area contributed by atoms with E-state index >= 15 is 0 Å². The third-order valence-corrected chi connectivity index (χ3v) is 2.46. The van der Waals surface area contributed by atoms with Crippen LogP contribution in [0.15, 0.2) is 12.7 Å². The van der Waals surface area contributed by atoms with Crippen molar-refractivity contribution in [3.63, 3.8) is 0 Å². The van der Waals surface area contributed by atoms with E-state index in [9.17, 15) is 9.59 Å². The number of carbonyl (C=O) groups excluding carboxylic acids is 2. The van der Waals surface area contributed by atoms with Gasteiger partial charge in [-0.05, 0) is 5.41 Å². The summed E-state index contributed by atoms with van der Waals surface area (Å²) in [5.74, 6) is -0.00875. The van der Waals surface area contributed by atoms with Gasteiger partial charge in [0.1, 0.15) is 6.61 Å². The minimum absolute atomic E-state index is 0.00875. The lowest BCUT2D eigenvalue weighted by molar-refractivity contribution is -0.130. The van der Waals surface area contributed by atoms with Crippen LogP contribution in [-0.4, -0.2) is 24.5 Å². The third kappa shape index (κ3) is 5.34. The van der Waals surface area contributed by atoms with Crippen molar-refractivity contribution in [2.75, 3.05) is 6.61 Å². The Morgan fingerprint density at radius 3 is 2.06 bits per heavy atom. The molecule has 0 aliphatic rings. The maximum Gasteiger partial charge on any atom is 0.408 e. The average Bonchev–Trinajstić information content (AvgIpc) is 2.19. The summed E-state index contributed by atoms with van der Waals surface area (Å²) in [4.78, 5) is 23.9. The highest BCUT2D eigenvalue weighted by Crippen LogP contribution is 2.27. The van der Waals surface area contributed by atoms with Crippen molar-refractivity contribution in [1.82, 2.24) is 5.32 Å². The van der Waals surface area contributed by atoms with Gasteiger partial charge in [0.25, 0.3) is 0 Å². The lowest BCUT2D eigenvalue weighted by atomic mass is 9.76. The van der Waals surface area contributed by atoms with E-state index < -0.39 is 17.6 Å². The van der Waals surface area contributed by atoms with E-state index in [0.29, 0.717) is 0 Å². The first-order valence-corrected chi connectivity index (χ1v) is 6.08. The maximum atomic E-state index is 12.3. The molecule has 0 spiro atoms. The second-order valence-corrected chi connectivity index (χ2v) is 6.44. The minimum atomic E-state index is -0.590. The van der Waals surface area contributed by atoms with Crippen LogP contribution in [0.4, 0.5) is 4.79 Å². The molecule has 1 N–H and O–H groups in total. The SMILES string of the molecule is C=CCOC(=O)NC(C(=O)C(C)(C)C)C(C)(C)C. The molecule has 0 radical (unpaired) electrons. The smallest absolute Gasteiger partial charge is 0.408 e. The predicted octanol–water partition coefficient (Wildman–Crippen LogP) is 2.93. The molecule has 18 heavy (non-hydrogen) atoms. The Morgan fingerprint density at radius 1 is 1.22 bits per heavy atom. The van der Waals surface area contributed by atoms with Gasteiger partial charge in [0.05, 0.1) is 6.04 Å². The monoisotopic (exact) mass is 255 g/mol. The van der Waals surface area contributed by atoms with Crippen LogP contribution < -0.4 is 5.32 Å². The van der Waals surface area contributed by atoms with Crippen molar-refractivity contribution in [3.05, 3.63) is 12.7 Å². The lowest BCUT2D eigenvalue weighted by Crippen LogP contribution is -2.52. The molecule has 0 aromatic carbocycles. The second-order valence-electron chi connectivity index (χ2n) is 6.44. The Balaban J connectivity index is 4.88. The summed E-state index contributed by atoms with van der Waals surface area (Å²) < 4.78 is 4.86.